The third kappa shape index (κ3) is 10.3. The van der Waals surface area contributed by atoms with Crippen LogP contribution in [-0.4, -0.2) is 31.3 Å². The molecular weight excluding hydrogens is 158 g/mol. The van der Waals surface area contributed by atoms with Gasteiger partial charge in [-0.3, -0.25) is 0 Å². The van der Waals surface area contributed by atoms with E-state index in [9.17, 15) is 0 Å². The summed E-state index contributed by atoms with van der Waals surface area (Å²) in [5.41, 5.74) is 5.35. The van der Waals surface area contributed by atoms with Crippen LogP contribution in [0.3, 0.4) is 0 Å². The Hall–Kier alpha value is 0.270. The number of ether oxygens (including phenoxy) is 1. The Kier molecular flexibility index (Phi) is 10.5. The summed E-state index contributed by atoms with van der Waals surface area (Å²) in [6.07, 6.45) is 2.31. The van der Waals surface area contributed by atoms with Crippen molar-refractivity contribution in [3.8, 4) is 0 Å². The van der Waals surface area contributed by atoms with Crippen molar-refractivity contribution in [1.82, 2.24) is 0 Å². The molecule has 0 aliphatic carbocycles. The van der Waals surface area contributed by atoms with Gasteiger partial charge in [0.1, 0.15) is 0 Å². The molecule has 11 heavy (non-hydrogen) atoms. The third-order valence-electron chi connectivity index (χ3n) is 1.27. The van der Waals surface area contributed by atoms with Gasteiger partial charge in [-0.2, -0.15) is 11.8 Å². The van der Waals surface area contributed by atoms with Crippen LogP contribution in [-0.2, 0) is 4.74 Å². The molecule has 0 aromatic rings. The lowest BCUT2D eigenvalue weighted by molar-refractivity contribution is 0.149. The molecule has 0 aromatic carbocycles. The largest absolute Gasteiger partial charge is 0.382 e. The van der Waals surface area contributed by atoms with Crippen molar-refractivity contribution >= 4 is 11.8 Å². The van der Waals surface area contributed by atoms with Gasteiger partial charge in [-0.25, -0.2) is 0 Å². The minimum atomic E-state index is 0.818. The molecule has 0 aromatic heterocycles. The number of thioether (sulfide) groups is 1. The second-order valence-electron chi connectivity index (χ2n) is 2.31. The maximum Gasteiger partial charge on any atom is 0.0473 e. The molecule has 0 aliphatic rings. The highest BCUT2D eigenvalue weighted by molar-refractivity contribution is 7.99. The fourth-order valence-corrected chi connectivity index (χ4v) is 1.59. The van der Waals surface area contributed by atoms with Gasteiger partial charge >= 0.3 is 0 Å². The first kappa shape index (κ1) is 11.3. The first-order valence-electron chi connectivity index (χ1n) is 4.27. The maximum absolute atomic E-state index is 5.35. The van der Waals surface area contributed by atoms with E-state index in [0.29, 0.717) is 0 Å². The fraction of sp³-hybridized carbons (Fsp3) is 1.00. The van der Waals surface area contributed by atoms with Crippen LogP contribution >= 0.6 is 11.8 Å². The molecule has 0 saturated heterocycles. The summed E-state index contributed by atoms with van der Waals surface area (Å²) in [6, 6.07) is 0. The zero-order valence-electron chi connectivity index (χ0n) is 7.34. The lowest BCUT2D eigenvalue weighted by Crippen LogP contribution is -2.00. The van der Waals surface area contributed by atoms with Crippen LogP contribution in [0.15, 0.2) is 0 Å². The minimum Gasteiger partial charge on any atom is -0.382 e. The summed E-state index contributed by atoms with van der Waals surface area (Å²) in [6.45, 7) is 4.60. The van der Waals surface area contributed by atoms with E-state index in [4.69, 9.17) is 10.5 Å². The summed E-state index contributed by atoms with van der Waals surface area (Å²) in [7, 11) is 0. The van der Waals surface area contributed by atoms with E-state index in [1.807, 2.05) is 18.7 Å². The van der Waals surface area contributed by atoms with Crippen LogP contribution in [0.2, 0.25) is 0 Å². The van der Waals surface area contributed by atoms with Gasteiger partial charge in [0.05, 0.1) is 0 Å². The Balaban J connectivity index is 2.69. The quantitative estimate of drug-likeness (QED) is 0.571. The zero-order chi connectivity index (χ0) is 8.36. The summed E-state index contributed by atoms with van der Waals surface area (Å²) in [5.74, 6) is 2.41. The normalized spacial score (nSPS) is 10.4. The Bertz CT molecular complexity index is 63.1. The molecule has 0 saturated carbocycles. The predicted molar refractivity (Wildman–Crippen MR) is 52.1 cm³/mol. The van der Waals surface area contributed by atoms with E-state index in [-0.39, 0.29) is 0 Å². The first-order chi connectivity index (χ1) is 5.41. The van der Waals surface area contributed by atoms with Crippen molar-refractivity contribution in [1.29, 1.82) is 0 Å². The molecule has 0 atom stereocenters. The van der Waals surface area contributed by atoms with E-state index < -0.39 is 0 Å². The van der Waals surface area contributed by atoms with Gasteiger partial charge in [-0.15, -0.1) is 0 Å². The SMILES string of the molecule is CCOCCCSCCCN. The van der Waals surface area contributed by atoms with Crippen molar-refractivity contribution < 1.29 is 4.74 Å². The molecule has 0 amide bonds. The second kappa shape index (κ2) is 10.3. The molecule has 0 bridgehead atoms. The molecule has 2 N–H and O–H groups in total. The van der Waals surface area contributed by atoms with Crippen molar-refractivity contribution in [2.24, 2.45) is 5.73 Å². The first-order valence-corrected chi connectivity index (χ1v) is 5.42. The van der Waals surface area contributed by atoms with E-state index in [1.54, 1.807) is 0 Å². The molecule has 0 fully saturated rings. The van der Waals surface area contributed by atoms with Crippen LogP contribution in [0.1, 0.15) is 19.8 Å². The fourth-order valence-electron chi connectivity index (χ4n) is 0.695. The number of nitrogens with two attached hydrogens (primary N) is 1. The number of hydrogen-bond donors (Lipinski definition) is 1. The van der Waals surface area contributed by atoms with Gasteiger partial charge in [0.2, 0.25) is 0 Å². The van der Waals surface area contributed by atoms with E-state index in [0.717, 1.165) is 26.2 Å². The van der Waals surface area contributed by atoms with Gasteiger partial charge in [-0.05, 0) is 37.8 Å². The molecule has 0 radical (unpaired) electrons. The molecule has 0 aliphatic heterocycles. The highest BCUT2D eigenvalue weighted by Crippen LogP contribution is 2.03. The lowest BCUT2D eigenvalue weighted by Gasteiger charge is -2.00. The monoisotopic (exact) mass is 177 g/mol. The Morgan fingerprint density at radius 2 is 2.00 bits per heavy atom. The molecule has 0 heterocycles. The van der Waals surface area contributed by atoms with Gasteiger partial charge in [0.15, 0.2) is 0 Å². The molecule has 0 spiro atoms. The number of rotatable bonds is 8. The number of hydrogen-bond acceptors (Lipinski definition) is 3. The highest BCUT2D eigenvalue weighted by Gasteiger charge is 1.88. The van der Waals surface area contributed by atoms with Crippen LogP contribution in [0.5, 0.6) is 0 Å². The summed E-state index contributed by atoms with van der Waals surface area (Å²) >= 11 is 1.97. The average molecular weight is 177 g/mol. The highest BCUT2D eigenvalue weighted by atomic mass is 32.2. The second-order valence-corrected chi connectivity index (χ2v) is 3.53. The van der Waals surface area contributed by atoms with Crippen LogP contribution in [0.4, 0.5) is 0 Å². The molecule has 68 valence electrons. The predicted octanol–water partition coefficient (Wildman–Crippen LogP) is 1.50. The average Bonchev–Trinajstić information content (AvgIpc) is 2.03. The van der Waals surface area contributed by atoms with Crippen molar-refractivity contribution in [2.75, 3.05) is 31.3 Å². The van der Waals surface area contributed by atoms with E-state index in [2.05, 4.69) is 0 Å². The minimum absolute atomic E-state index is 0.818. The van der Waals surface area contributed by atoms with Gasteiger partial charge in [-0.1, -0.05) is 0 Å². The van der Waals surface area contributed by atoms with Crippen LogP contribution < -0.4 is 5.73 Å². The summed E-state index contributed by atoms with van der Waals surface area (Å²) in [5, 5.41) is 0. The Morgan fingerprint density at radius 1 is 1.27 bits per heavy atom. The van der Waals surface area contributed by atoms with Gasteiger partial charge in [0, 0.05) is 13.2 Å². The topological polar surface area (TPSA) is 35.2 Å². The lowest BCUT2D eigenvalue weighted by atomic mass is 10.5. The standard InChI is InChI=1S/C8H19NOS/c1-2-10-6-4-8-11-7-3-5-9/h2-9H2,1H3. The third-order valence-corrected chi connectivity index (χ3v) is 2.43. The van der Waals surface area contributed by atoms with Crippen molar-refractivity contribution in [3.63, 3.8) is 0 Å². The van der Waals surface area contributed by atoms with E-state index >= 15 is 0 Å². The summed E-state index contributed by atoms with van der Waals surface area (Å²) < 4.78 is 5.20. The molecule has 3 heteroatoms. The maximum atomic E-state index is 5.35. The van der Waals surface area contributed by atoms with Crippen molar-refractivity contribution in [3.05, 3.63) is 0 Å². The molecule has 2 nitrogen and oxygen atoms in total. The molecule has 0 unspecified atom stereocenters. The zero-order valence-corrected chi connectivity index (χ0v) is 8.16. The van der Waals surface area contributed by atoms with E-state index in [1.165, 1.54) is 17.9 Å². The molecule has 0 rings (SSSR count). The molecular formula is C8H19NOS. The smallest absolute Gasteiger partial charge is 0.0473 e. The van der Waals surface area contributed by atoms with Crippen molar-refractivity contribution in [2.45, 2.75) is 19.8 Å². The Labute approximate surface area is 73.9 Å². The van der Waals surface area contributed by atoms with Gasteiger partial charge < -0.3 is 10.5 Å². The van der Waals surface area contributed by atoms with Crippen LogP contribution in [0, 0.1) is 0 Å². The van der Waals surface area contributed by atoms with Crippen LogP contribution in [0.25, 0.3) is 0 Å². The van der Waals surface area contributed by atoms with Gasteiger partial charge in [0.25, 0.3) is 0 Å². The summed E-state index contributed by atoms with van der Waals surface area (Å²) in [4.78, 5) is 0. The Morgan fingerprint density at radius 3 is 2.64 bits per heavy atom.